The molecule has 51 heavy (non-hydrogen) atoms. The molecular weight excluding hydrogens is 671 g/mol. The van der Waals surface area contributed by atoms with E-state index in [2.05, 4.69) is 79.1 Å². The number of aliphatic hydroxyl groups is 2. The average molecular weight is 741 g/mol. The molecule has 0 aliphatic rings. The smallest absolute Gasteiger partial charge is 0.462 e. The Kier molecular flexibility index (Phi) is 34.4. The number of phosphoric ester groups is 1. The summed E-state index contributed by atoms with van der Waals surface area (Å²) in [5.74, 6) is -0.991. The highest BCUT2D eigenvalue weighted by molar-refractivity contribution is 7.47. The number of allylic oxidation sites excluding steroid dienone is 10. The number of rotatable bonds is 35. The van der Waals surface area contributed by atoms with Crippen LogP contribution in [0, 0.1) is 0 Å². The Balaban J connectivity index is 4.46. The van der Waals surface area contributed by atoms with E-state index in [1.165, 1.54) is 25.7 Å². The van der Waals surface area contributed by atoms with E-state index in [9.17, 15) is 24.2 Å². The maximum Gasteiger partial charge on any atom is 0.472 e. The van der Waals surface area contributed by atoms with E-state index in [1.54, 1.807) is 0 Å². The maximum absolute atomic E-state index is 12.5. The topological polar surface area (TPSA) is 149 Å². The standard InChI is InChI=1S/C40H69O10P/c1-3-5-7-9-11-13-15-17-18-20-21-23-25-27-29-31-39(43)47-35-38(36-49-51(45,46)48-34-37(42)33-41)50-40(44)32-30-28-26-24-22-19-16-14-12-10-8-6-4-2/h5,7,11,13-14,16-18,21,23,37-38,41-42H,3-4,6,8-10,12,15,19-20,22,24-36H2,1-2H3,(H,45,46)/b7-5+,13-11+,16-14+,18-17+,23-21+/t37-,38+/m0/s1. The van der Waals surface area contributed by atoms with Crippen molar-refractivity contribution < 1.29 is 47.8 Å². The van der Waals surface area contributed by atoms with Crippen molar-refractivity contribution in [3.8, 4) is 0 Å². The number of ether oxygens (including phenoxy) is 2. The third-order valence-electron chi connectivity index (χ3n) is 7.66. The summed E-state index contributed by atoms with van der Waals surface area (Å²) in [4.78, 5) is 34.8. The second-order valence-corrected chi connectivity index (χ2v) is 14.0. The van der Waals surface area contributed by atoms with Crippen LogP contribution in [0.3, 0.4) is 0 Å². The number of aliphatic hydroxyl groups excluding tert-OH is 2. The SMILES string of the molecule is CC/C=C/C/C=C/C/C=C/C/C=C/CCCCC(=O)OC[C@H](COP(=O)(O)OC[C@@H](O)CO)OC(=O)CCCCCCC/C=C/CCCCCC. The highest BCUT2D eigenvalue weighted by Gasteiger charge is 2.27. The highest BCUT2D eigenvalue weighted by Crippen LogP contribution is 2.43. The van der Waals surface area contributed by atoms with E-state index in [0.717, 1.165) is 77.0 Å². The number of esters is 2. The van der Waals surface area contributed by atoms with Gasteiger partial charge in [-0.2, -0.15) is 0 Å². The van der Waals surface area contributed by atoms with E-state index in [-0.39, 0.29) is 19.4 Å². The van der Waals surface area contributed by atoms with Crippen LogP contribution in [0.1, 0.15) is 142 Å². The molecule has 0 aliphatic carbocycles. The van der Waals surface area contributed by atoms with Crippen LogP contribution in [0.4, 0.5) is 0 Å². The van der Waals surface area contributed by atoms with Gasteiger partial charge in [0.25, 0.3) is 0 Å². The lowest BCUT2D eigenvalue weighted by atomic mass is 10.1. The van der Waals surface area contributed by atoms with Gasteiger partial charge in [0, 0.05) is 12.8 Å². The van der Waals surface area contributed by atoms with Crippen molar-refractivity contribution in [1.29, 1.82) is 0 Å². The molecule has 11 heteroatoms. The van der Waals surface area contributed by atoms with Crippen molar-refractivity contribution in [2.24, 2.45) is 0 Å². The Bertz CT molecular complexity index is 1040. The lowest BCUT2D eigenvalue weighted by molar-refractivity contribution is -0.161. The summed E-state index contributed by atoms with van der Waals surface area (Å²) in [5.41, 5.74) is 0. The minimum Gasteiger partial charge on any atom is -0.462 e. The Labute approximate surface area is 308 Å². The summed E-state index contributed by atoms with van der Waals surface area (Å²) in [7, 11) is -4.63. The molecule has 0 aromatic carbocycles. The van der Waals surface area contributed by atoms with Gasteiger partial charge in [-0.25, -0.2) is 4.57 Å². The molecule has 0 bridgehead atoms. The first-order valence-electron chi connectivity index (χ1n) is 19.2. The zero-order valence-corrected chi connectivity index (χ0v) is 32.4. The fraction of sp³-hybridized carbons (Fsp3) is 0.700. The van der Waals surface area contributed by atoms with Crippen molar-refractivity contribution >= 4 is 19.8 Å². The largest absolute Gasteiger partial charge is 0.472 e. The zero-order chi connectivity index (χ0) is 37.7. The molecular formula is C40H69O10P. The van der Waals surface area contributed by atoms with Crippen molar-refractivity contribution in [2.75, 3.05) is 26.4 Å². The highest BCUT2D eigenvalue weighted by atomic mass is 31.2. The van der Waals surface area contributed by atoms with Crippen LogP contribution in [-0.2, 0) is 32.7 Å². The monoisotopic (exact) mass is 740 g/mol. The first-order chi connectivity index (χ1) is 24.7. The van der Waals surface area contributed by atoms with E-state index < -0.39 is 51.8 Å². The molecule has 0 radical (unpaired) electrons. The molecule has 1 unspecified atom stereocenters. The molecule has 0 aromatic heterocycles. The average Bonchev–Trinajstić information content (AvgIpc) is 3.12. The Morgan fingerprint density at radius 3 is 1.69 bits per heavy atom. The molecule has 294 valence electrons. The number of carbonyl (C=O) groups is 2. The Morgan fingerprint density at radius 1 is 0.608 bits per heavy atom. The van der Waals surface area contributed by atoms with Gasteiger partial charge in [0.2, 0.25) is 0 Å². The fourth-order valence-corrected chi connectivity index (χ4v) is 5.47. The van der Waals surface area contributed by atoms with Gasteiger partial charge in [-0.15, -0.1) is 0 Å². The number of carbonyl (C=O) groups excluding carboxylic acids is 2. The molecule has 0 fully saturated rings. The van der Waals surface area contributed by atoms with Gasteiger partial charge in [-0.05, 0) is 77.0 Å². The van der Waals surface area contributed by atoms with Crippen LogP contribution in [0.2, 0.25) is 0 Å². The quantitative estimate of drug-likeness (QED) is 0.0248. The number of unbranched alkanes of at least 4 members (excludes halogenated alkanes) is 11. The van der Waals surface area contributed by atoms with Crippen LogP contribution in [0.25, 0.3) is 0 Å². The first-order valence-corrected chi connectivity index (χ1v) is 20.7. The van der Waals surface area contributed by atoms with E-state index in [4.69, 9.17) is 19.1 Å². The zero-order valence-electron chi connectivity index (χ0n) is 31.5. The van der Waals surface area contributed by atoms with Gasteiger partial charge < -0.3 is 24.6 Å². The molecule has 0 spiro atoms. The van der Waals surface area contributed by atoms with Crippen LogP contribution in [0.15, 0.2) is 60.8 Å². The molecule has 0 saturated carbocycles. The van der Waals surface area contributed by atoms with Gasteiger partial charge in [-0.3, -0.25) is 18.6 Å². The summed E-state index contributed by atoms with van der Waals surface area (Å²) in [6.45, 7) is 2.16. The van der Waals surface area contributed by atoms with Crippen LogP contribution in [-0.4, -0.2) is 65.7 Å². The van der Waals surface area contributed by atoms with Crippen molar-refractivity contribution in [1.82, 2.24) is 0 Å². The fourth-order valence-electron chi connectivity index (χ4n) is 4.68. The van der Waals surface area contributed by atoms with Gasteiger partial charge >= 0.3 is 19.8 Å². The molecule has 0 heterocycles. The molecule has 3 N–H and O–H groups in total. The van der Waals surface area contributed by atoms with Crippen LogP contribution in [0.5, 0.6) is 0 Å². The molecule has 0 rings (SSSR count). The van der Waals surface area contributed by atoms with Gasteiger partial charge in [0.15, 0.2) is 6.10 Å². The lowest BCUT2D eigenvalue weighted by Crippen LogP contribution is -2.29. The maximum atomic E-state index is 12.5. The van der Waals surface area contributed by atoms with E-state index >= 15 is 0 Å². The predicted octanol–water partition coefficient (Wildman–Crippen LogP) is 9.55. The first kappa shape index (κ1) is 48.7. The van der Waals surface area contributed by atoms with E-state index in [0.29, 0.717) is 12.8 Å². The van der Waals surface area contributed by atoms with Crippen molar-refractivity contribution in [3.63, 3.8) is 0 Å². The second kappa shape index (κ2) is 36.0. The Hall–Kier alpha value is -2.33. The second-order valence-electron chi connectivity index (χ2n) is 12.6. The van der Waals surface area contributed by atoms with Crippen LogP contribution < -0.4 is 0 Å². The summed E-state index contributed by atoms with van der Waals surface area (Å²) < 4.78 is 32.5. The minimum absolute atomic E-state index is 0.162. The third kappa shape index (κ3) is 35.8. The number of hydrogen-bond acceptors (Lipinski definition) is 9. The molecule has 0 saturated heterocycles. The van der Waals surface area contributed by atoms with Crippen LogP contribution >= 0.6 is 7.82 Å². The summed E-state index contributed by atoms with van der Waals surface area (Å²) in [6.07, 6.45) is 37.6. The predicted molar refractivity (Wildman–Crippen MR) is 205 cm³/mol. The summed E-state index contributed by atoms with van der Waals surface area (Å²) >= 11 is 0. The normalized spacial score (nSPS) is 14.7. The summed E-state index contributed by atoms with van der Waals surface area (Å²) in [6, 6.07) is 0. The van der Waals surface area contributed by atoms with Gasteiger partial charge in [-0.1, -0.05) is 113 Å². The molecule has 0 aliphatic heterocycles. The van der Waals surface area contributed by atoms with Crippen molar-refractivity contribution in [3.05, 3.63) is 60.8 Å². The third-order valence-corrected chi connectivity index (χ3v) is 8.61. The van der Waals surface area contributed by atoms with E-state index in [1.807, 2.05) is 0 Å². The molecule has 0 aromatic rings. The molecule has 10 nitrogen and oxygen atoms in total. The number of phosphoric acid groups is 1. The number of hydrogen-bond donors (Lipinski definition) is 3. The molecule has 3 atom stereocenters. The van der Waals surface area contributed by atoms with Gasteiger partial charge in [0.05, 0.1) is 19.8 Å². The Morgan fingerprint density at radius 2 is 1.08 bits per heavy atom. The van der Waals surface area contributed by atoms with Crippen molar-refractivity contribution in [2.45, 2.75) is 154 Å². The summed E-state index contributed by atoms with van der Waals surface area (Å²) in [5, 5.41) is 18.3. The minimum atomic E-state index is -4.63. The lowest BCUT2D eigenvalue weighted by Gasteiger charge is -2.20. The molecule has 0 amide bonds. The van der Waals surface area contributed by atoms with Gasteiger partial charge in [0.1, 0.15) is 12.7 Å².